The Bertz CT molecular complexity index is 1070. The standard InChI is InChI=1S/C20H17N3O5S/c1-26-13-3-2-4-14(8-13)27-9-19(25)23-20-22-16(11-29-20)12-5-6-17-15(7-12)21-18(24)10-28-17/h2-8,11H,9-10H2,1H3,(H,21,24)(H,22,23,25). The van der Waals surface area contributed by atoms with Crippen molar-refractivity contribution in [1.82, 2.24) is 4.98 Å². The lowest BCUT2D eigenvalue weighted by molar-refractivity contribution is -0.119. The van der Waals surface area contributed by atoms with Gasteiger partial charge in [-0.05, 0) is 30.3 Å². The fraction of sp³-hybridized carbons (Fsp3) is 0.150. The zero-order chi connectivity index (χ0) is 20.2. The molecule has 8 nitrogen and oxygen atoms in total. The molecule has 0 saturated carbocycles. The molecular formula is C20H17N3O5S. The van der Waals surface area contributed by atoms with Crippen LogP contribution in [0.1, 0.15) is 0 Å². The fourth-order valence-electron chi connectivity index (χ4n) is 2.70. The zero-order valence-electron chi connectivity index (χ0n) is 15.4. The van der Waals surface area contributed by atoms with E-state index in [1.54, 1.807) is 43.5 Å². The molecule has 9 heteroatoms. The third-order valence-corrected chi connectivity index (χ3v) is 4.83. The van der Waals surface area contributed by atoms with Gasteiger partial charge in [-0.1, -0.05) is 6.07 Å². The average Bonchev–Trinajstić information content (AvgIpc) is 3.20. The molecule has 3 aromatic rings. The number of rotatable bonds is 6. The molecule has 2 amide bonds. The summed E-state index contributed by atoms with van der Waals surface area (Å²) in [5, 5.41) is 7.77. The number of hydrogen-bond donors (Lipinski definition) is 2. The second kappa shape index (κ2) is 8.19. The molecule has 0 atom stereocenters. The Kier molecular flexibility index (Phi) is 5.30. The van der Waals surface area contributed by atoms with Gasteiger partial charge in [-0.15, -0.1) is 11.3 Å². The lowest BCUT2D eigenvalue weighted by atomic mass is 10.1. The van der Waals surface area contributed by atoms with E-state index in [1.807, 2.05) is 11.4 Å². The van der Waals surface area contributed by atoms with Crippen molar-refractivity contribution in [2.75, 3.05) is 31.0 Å². The van der Waals surface area contributed by atoms with Crippen LogP contribution in [0.15, 0.2) is 47.8 Å². The highest BCUT2D eigenvalue weighted by atomic mass is 32.1. The Labute approximate surface area is 170 Å². The maximum Gasteiger partial charge on any atom is 0.264 e. The van der Waals surface area contributed by atoms with Gasteiger partial charge >= 0.3 is 0 Å². The number of methoxy groups -OCH3 is 1. The lowest BCUT2D eigenvalue weighted by Gasteiger charge is -2.18. The molecule has 2 aromatic carbocycles. The Morgan fingerprint density at radius 1 is 1.28 bits per heavy atom. The Morgan fingerprint density at radius 2 is 2.14 bits per heavy atom. The van der Waals surface area contributed by atoms with Gasteiger partial charge in [-0.3, -0.25) is 14.9 Å². The van der Waals surface area contributed by atoms with Crippen LogP contribution in [0.5, 0.6) is 17.2 Å². The van der Waals surface area contributed by atoms with Crippen LogP contribution in [-0.2, 0) is 9.59 Å². The first kappa shape index (κ1) is 18.8. The molecule has 29 heavy (non-hydrogen) atoms. The predicted molar refractivity (Wildman–Crippen MR) is 109 cm³/mol. The van der Waals surface area contributed by atoms with Crippen molar-refractivity contribution < 1.29 is 23.8 Å². The van der Waals surface area contributed by atoms with E-state index in [2.05, 4.69) is 15.6 Å². The zero-order valence-corrected chi connectivity index (χ0v) is 16.2. The number of benzene rings is 2. The molecule has 1 aromatic heterocycles. The number of carbonyl (C=O) groups is 2. The summed E-state index contributed by atoms with van der Waals surface area (Å²) in [6.07, 6.45) is 0. The normalized spacial score (nSPS) is 12.4. The number of carbonyl (C=O) groups excluding carboxylic acids is 2. The molecule has 0 radical (unpaired) electrons. The highest BCUT2D eigenvalue weighted by Crippen LogP contribution is 2.33. The number of aromatic nitrogens is 1. The van der Waals surface area contributed by atoms with E-state index in [-0.39, 0.29) is 25.0 Å². The Hall–Kier alpha value is -3.59. The van der Waals surface area contributed by atoms with Gasteiger partial charge in [0.2, 0.25) is 0 Å². The van der Waals surface area contributed by atoms with Gasteiger partial charge in [0.15, 0.2) is 18.3 Å². The average molecular weight is 411 g/mol. The first-order chi connectivity index (χ1) is 14.1. The van der Waals surface area contributed by atoms with E-state index in [0.29, 0.717) is 33.8 Å². The van der Waals surface area contributed by atoms with E-state index in [4.69, 9.17) is 14.2 Å². The van der Waals surface area contributed by atoms with Crippen LogP contribution in [0.3, 0.4) is 0 Å². The fourth-order valence-corrected chi connectivity index (χ4v) is 3.44. The third kappa shape index (κ3) is 4.46. The predicted octanol–water partition coefficient (Wildman–Crippen LogP) is 3.17. The van der Waals surface area contributed by atoms with Gasteiger partial charge in [0, 0.05) is 17.0 Å². The van der Waals surface area contributed by atoms with Crippen LogP contribution in [-0.4, -0.2) is 37.1 Å². The summed E-state index contributed by atoms with van der Waals surface area (Å²) < 4.78 is 16.0. The van der Waals surface area contributed by atoms with Gasteiger partial charge < -0.3 is 19.5 Å². The minimum absolute atomic E-state index is 0.0110. The molecule has 148 valence electrons. The molecule has 0 aliphatic carbocycles. The van der Waals surface area contributed by atoms with E-state index in [0.717, 1.165) is 5.56 Å². The summed E-state index contributed by atoms with van der Waals surface area (Å²) >= 11 is 1.30. The van der Waals surface area contributed by atoms with Gasteiger partial charge in [0.05, 0.1) is 18.5 Å². The number of nitrogens with zero attached hydrogens (tertiary/aromatic N) is 1. The van der Waals surface area contributed by atoms with Crippen molar-refractivity contribution in [3.8, 4) is 28.5 Å². The lowest BCUT2D eigenvalue weighted by Crippen LogP contribution is -2.25. The second-order valence-corrected chi connectivity index (χ2v) is 6.96. The number of anilines is 2. The smallest absolute Gasteiger partial charge is 0.264 e. The summed E-state index contributed by atoms with van der Waals surface area (Å²) in [4.78, 5) is 28.1. The van der Waals surface area contributed by atoms with Crippen LogP contribution in [0, 0.1) is 0 Å². The van der Waals surface area contributed by atoms with Crippen molar-refractivity contribution in [2.24, 2.45) is 0 Å². The summed E-state index contributed by atoms with van der Waals surface area (Å²) in [6.45, 7) is -0.138. The third-order valence-electron chi connectivity index (χ3n) is 4.07. The van der Waals surface area contributed by atoms with Gasteiger partial charge in [0.25, 0.3) is 11.8 Å². The number of hydrogen-bond acceptors (Lipinski definition) is 7. The SMILES string of the molecule is COc1cccc(OCC(=O)Nc2nc(-c3ccc4c(c3)NC(=O)CO4)cs2)c1. The quantitative estimate of drug-likeness (QED) is 0.647. The van der Waals surface area contributed by atoms with E-state index >= 15 is 0 Å². The molecule has 2 heterocycles. The van der Waals surface area contributed by atoms with E-state index in [1.165, 1.54) is 11.3 Å². The van der Waals surface area contributed by atoms with Crippen molar-refractivity contribution in [2.45, 2.75) is 0 Å². The van der Waals surface area contributed by atoms with Crippen molar-refractivity contribution in [3.05, 3.63) is 47.8 Å². The summed E-state index contributed by atoms with van der Waals surface area (Å²) in [5.41, 5.74) is 2.09. The second-order valence-electron chi connectivity index (χ2n) is 6.10. The number of fused-ring (bicyclic) bond motifs is 1. The Morgan fingerprint density at radius 3 is 3.00 bits per heavy atom. The van der Waals surface area contributed by atoms with Crippen LogP contribution in [0.4, 0.5) is 10.8 Å². The molecule has 1 aliphatic rings. The largest absolute Gasteiger partial charge is 0.497 e. The summed E-state index contributed by atoms with van der Waals surface area (Å²) in [6, 6.07) is 12.4. The Balaban J connectivity index is 1.38. The van der Waals surface area contributed by atoms with Gasteiger partial charge in [-0.25, -0.2) is 4.98 Å². The van der Waals surface area contributed by atoms with Gasteiger partial charge in [0.1, 0.15) is 17.2 Å². The van der Waals surface area contributed by atoms with Crippen LogP contribution >= 0.6 is 11.3 Å². The minimum atomic E-state index is -0.320. The summed E-state index contributed by atoms with van der Waals surface area (Å²) in [5.74, 6) is 1.29. The molecule has 0 unspecified atom stereocenters. The first-order valence-electron chi connectivity index (χ1n) is 8.70. The molecular weight excluding hydrogens is 394 g/mol. The van der Waals surface area contributed by atoms with Crippen molar-refractivity contribution in [1.29, 1.82) is 0 Å². The minimum Gasteiger partial charge on any atom is -0.497 e. The highest BCUT2D eigenvalue weighted by molar-refractivity contribution is 7.14. The molecule has 0 bridgehead atoms. The van der Waals surface area contributed by atoms with Crippen molar-refractivity contribution >= 4 is 34.0 Å². The molecule has 4 rings (SSSR count). The maximum atomic E-state index is 12.1. The monoisotopic (exact) mass is 411 g/mol. The number of amides is 2. The topological polar surface area (TPSA) is 98.8 Å². The summed E-state index contributed by atoms with van der Waals surface area (Å²) in [7, 11) is 1.56. The molecule has 2 N–H and O–H groups in total. The first-order valence-corrected chi connectivity index (χ1v) is 9.58. The van der Waals surface area contributed by atoms with E-state index in [9.17, 15) is 9.59 Å². The molecule has 0 saturated heterocycles. The van der Waals surface area contributed by atoms with Crippen LogP contribution in [0.2, 0.25) is 0 Å². The van der Waals surface area contributed by atoms with Crippen LogP contribution < -0.4 is 24.8 Å². The maximum absolute atomic E-state index is 12.1. The molecule has 0 spiro atoms. The number of thiazole rings is 1. The highest BCUT2D eigenvalue weighted by Gasteiger charge is 2.17. The van der Waals surface area contributed by atoms with Gasteiger partial charge in [-0.2, -0.15) is 0 Å². The van der Waals surface area contributed by atoms with E-state index < -0.39 is 0 Å². The van der Waals surface area contributed by atoms with Crippen molar-refractivity contribution in [3.63, 3.8) is 0 Å². The van der Waals surface area contributed by atoms with Crippen LogP contribution in [0.25, 0.3) is 11.3 Å². The molecule has 1 aliphatic heterocycles. The number of nitrogens with one attached hydrogen (secondary N) is 2. The molecule has 0 fully saturated rings. The number of ether oxygens (including phenoxy) is 3.